The van der Waals surface area contributed by atoms with Crippen molar-refractivity contribution in [3.05, 3.63) is 0 Å². The van der Waals surface area contributed by atoms with Gasteiger partial charge in [0.1, 0.15) is 6.61 Å². The Morgan fingerprint density at radius 3 is 2.54 bits per heavy atom. The Kier molecular flexibility index (Phi) is 3.55. The summed E-state index contributed by atoms with van der Waals surface area (Å²) in [6, 6.07) is 0. The van der Waals surface area contributed by atoms with Crippen LogP contribution in [0.15, 0.2) is 0 Å². The summed E-state index contributed by atoms with van der Waals surface area (Å²) in [5.74, 6) is 0. The van der Waals surface area contributed by atoms with Gasteiger partial charge in [0.25, 0.3) is 0 Å². The van der Waals surface area contributed by atoms with Crippen molar-refractivity contribution in [3.63, 3.8) is 0 Å². The summed E-state index contributed by atoms with van der Waals surface area (Å²) in [5, 5.41) is 9.15. The Bertz CT molecular complexity index is 158. The third kappa shape index (κ3) is 4.47. The summed E-state index contributed by atoms with van der Waals surface area (Å²) >= 11 is 0. The molecular weight excluding hydrogens is 185 g/mol. The van der Waals surface area contributed by atoms with E-state index in [9.17, 15) is 13.2 Å². The Morgan fingerprint density at radius 2 is 2.00 bits per heavy atom. The van der Waals surface area contributed by atoms with Gasteiger partial charge in [0, 0.05) is 0 Å². The maximum absolute atomic E-state index is 11.7. The van der Waals surface area contributed by atoms with Crippen molar-refractivity contribution in [1.29, 1.82) is 0 Å². The first-order valence-corrected chi connectivity index (χ1v) is 4.34. The topological polar surface area (TPSA) is 29.5 Å². The standard InChI is InChI=1S/C8H13F3O2/c9-8(10,11)5-13-7-3-1-2-6(12)4-7/h6-7,12H,1-5H2. The average Bonchev–Trinajstić information content (AvgIpc) is 2.00. The van der Waals surface area contributed by atoms with E-state index in [0.717, 1.165) is 6.42 Å². The first-order valence-electron chi connectivity index (χ1n) is 4.34. The molecule has 2 atom stereocenters. The lowest BCUT2D eigenvalue weighted by molar-refractivity contribution is -0.190. The molecule has 0 aliphatic heterocycles. The van der Waals surface area contributed by atoms with Crippen LogP contribution < -0.4 is 0 Å². The second-order valence-corrected chi connectivity index (χ2v) is 3.37. The SMILES string of the molecule is OC1CCCC(OCC(F)(F)F)C1. The minimum absolute atomic E-state index is 0.329. The molecule has 2 unspecified atom stereocenters. The van der Waals surface area contributed by atoms with Gasteiger partial charge >= 0.3 is 6.18 Å². The van der Waals surface area contributed by atoms with Crippen molar-refractivity contribution in [2.75, 3.05) is 6.61 Å². The number of hydrogen-bond acceptors (Lipinski definition) is 2. The van der Waals surface area contributed by atoms with Crippen molar-refractivity contribution in [2.45, 2.75) is 44.1 Å². The Morgan fingerprint density at radius 1 is 1.31 bits per heavy atom. The smallest absolute Gasteiger partial charge is 0.393 e. The summed E-state index contributed by atoms with van der Waals surface area (Å²) in [6.07, 6.45) is -2.82. The van der Waals surface area contributed by atoms with Crippen LogP contribution in [0.25, 0.3) is 0 Å². The number of ether oxygens (including phenoxy) is 1. The molecule has 1 rings (SSSR count). The lowest BCUT2D eigenvalue weighted by atomic mass is 9.95. The van der Waals surface area contributed by atoms with Crippen LogP contribution in [0, 0.1) is 0 Å². The third-order valence-electron chi connectivity index (χ3n) is 2.08. The highest BCUT2D eigenvalue weighted by Crippen LogP contribution is 2.23. The molecule has 5 heteroatoms. The van der Waals surface area contributed by atoms with Gasteiger partial charge in [0.05, 0.1) is 12.2 Å². The van der Waals surface area contributed by atoms with Crippen LogP contribution in [-0.2, 0) is 4.74 Å². The first kappa shape index (κ1) is 10.8. The molecule has 0 aromatic heterocycles. The molecule has 78 valence electrons. The molecule has 1 N–H and O–H groups in total. The Hall–Kier alpha value is -0.290. The van der Waals surface area contributed by atoms with Gasteiger partial charge in [-0.3, -0.25) is 0 Å². The largest absolute Gasteiger partial charge is 0.411 e. The molecule has 13 heavy (non-hydrogen) atoms. The summed E-state index contributed by atoms with van der Waals surface area (Å²) in [5.41, 5.74) is 0. The number of aliphatic hydroxyl groups excluding tert-OH is 1. The molecule has 0 spiro atoms. The zero-order valence-electron chi connectivity index (χ0n) is 7.18. The molecule has 1 fully saturated rings. The van der Waals surface area contributed by atoms with Crippen LogP contribution in [0.4, 0.5) is 13.2 Å². The molecule has 0 aromatic carbocycles. The fraction of sp³-hybridized carbons (Fsp3) is 1.00. The van der Waals surface area contributed by atoms with Crippen LogP contribution in [0.3, 0.4) is 0 Å². The zero-order valence-corrected chi connectivity index (χ0v) is 7.18. The van der Waals surface area contributed by atoms with Crippen LogP contribution in [0.2, 0.25) is 0 Å². The first-order chi connectivity index (χ1) is 5.97. The molecular formula is C8H13F3O2. The molecule has 0 radical (unpaired) electrons. The maximum atomic E-state index is 11.7. The highest BCUT2D eigenvalue weighted by molar-refractivity contribution is 4.72. The van der Waals surface area contributed by atoms with E-state index < -0.39 is 25.0 Å². The number of alkyl halides is 3. The molecule has 0 saturated heterocycles. The maximum Gasteiger partial charge on any atom is 0.411 e. The molecule has 0 heterocycles. The average molecular weight is 198 g/mol. The van der Waals surface area contributed by atoms with Crippen molar-refractivity contribution in [1.82, 2.24) is 0 Å². The highest BCUT2D eigenvalue weighted by atomic mass is 19.4. The van der Waals surface area contributed by atoms with E-state index in [1.165, 1.54) is 0 Å². The molecule has 0 amide bonds. The quantitative estimate of drug-likeness (QED) is 0.733. The fourth-order valence-corrected chi connectivity index (χ4v) is 1.48. The molecule has 1 aliphatic carbocycles. The van der Waals surface area contributed by atoms with Gasteiger partial charge in [0.2, 0.25) is 0 Å². The number of rotatable bonds is 2. The molecule has 1 saturated carbocycles. The van der Waals surface area contributed by atoms with Crippen molar-refractivity contribution >= 4 is 0 Å². The van der Waals surface area contributed by atoms with Gasteiger partial charge in [0.15, 0.2) is 0 Å². The summed E-state index contributed by atoms with van der Waals surface area (Å²) in [6.45, 7) is -1.20. The van der Waals surface area contributed by atoms with Crippen LogP contribution >= 0.6 is 0 Å². The van der Waals surface area contributed by atoms with Crippen LogP contribution in [0.5, 0.6) is 0 Å². The Labute approximate surface area is 74.7 Å². The van der Waals surface area contributed by atoms with Crippen molar-refractivity contribution < 1.29 is 23.0 Å². The lowest BCUT2D eigenvalue weighted by Crippen LogP contribution is -2.29. The van der Waals surface area contributed by atoms with Gasteiger partial charge in [-0.05, 0) is 25.7 Å². The second-order valence-electron chi connectivity index (χ2n) is 3.37. The minimum Gasteiger partial charge on any atom is -0.393 e. The van der Waals surface area contributed by atoms with Crippen molar-refractivity contribution in [2.24, 2.45) is 0 Å². The third-order valence-corrected chi connectivity index (χ3v) is 2.08. The van der Waals surface area contributed by atoms with E-state index in [0.29, 0.717) is 19.3 Å². The molecule has 2 nitrogen and oxygen atoms in total. The lowest BCUT2D eigenvalue weighted by Gasteiger charge is -2.26. The van der Waals surface area contributed by atoms with Gasteiger partial charge in [-0.15, -0.1) is 0 Å². The van der Waals surface area contributed by atoms with Crippen LogP contribution in [0.1, 0.15) is 25.7 Å². The van der Waals surface area contributed by atoms with E-state index in [-0.39, 0.29) is 0 Å². The molecule has 0 aromatic rings. The molecule has 0 bridgehead atoms. The molecule has 1 aliphatic rings. The summed E-state index contributed by atoms with van der Waals surface area (Å²) < 4.78 is 39.8. The highest BCUT2D eigenvalue weighted by Gasteiger charge is 2.30. The monoisotopic (exact) mass is 198 g/mol. The summed E-state index contributed by atoms with van der Waals surface area (Å²) in [4.78, 5) is 0. The van der Waals surface area contributed by atoms with E-state index in [2.05, 4.69) is 4.74 Å². The normalized spacial score (nSPS) is 30.5. The predicted molar refractivity (Wildman–Crippen MR) is 40.3 cm³/mol. The zero-order chi connectivity index (χ0) is 9.90. The van der Waals surface area contributed by atoms with Gasteiger partial charge in [-0.1, -0.05) is 0 Å². The number of halogens is 3. The van der Waals surface area contributed by atoms with Gasteiger partial charge in [-0.25, -0.2) is 0 Å². The summed E-state index contributed by atoms with van der Waals surface area (Å²) in [7, 11) is 0. The second kappa shape index (κ2) is 4.28. The van der Waals surface area contributed by atoms with E-state index in [1.54, 1.807) is 0 Å². The Balaban J connectivity index is 2.21. The van der Waals surface area contributed by atoms with Gasteiger partial charge < -0.3 is 9.84 Å². The van der Waals surface area contributed by atoms with Gasteiger partial charge in [-0.2, -0.15) is 13.2 Å². The predicted octanol–water partition coefficient (Wildman–Crippen LogP) is 1.87. The van der Waals surface area contributed by atoms with E-state index >= 15 is 0 Å². The number of aliphatic hydroxyl groups is 1. The number of hydrogen-bond donors (Lipinski definition) is 1. The van der Waals surface area contributed by atoms with Crippen LogP contribution in [-0.4, -0.2) is 30.1 Å². The fourth-order valence-electron chi connectivity index (χ4n) is 1.48. The van der Waals surface area contributed by atoms with E-state index in [4.69, 9.17) is 5.11 Å². The van der Waals surface area contributed by atoms with Crippen molar-refractivity contribution in [3.8, 4) is 0 Å². The van der Waals surface area contributed by atoms with E-state index in [1.807, 2.05) is 0 Å². The minimum atomic E-state index is -4.26.